The van der Waals surface area contributed by atoms with Crippen LogP contribution in [-0.2, 0) is 4.79 Å². The quantitative estimate of drug-likeness (QED) is 0.867. The second kappa shape index (κ2) is 7.12. The van der Waals surface area contributed by atoms with E-state index in [4.69, 9.17) is 23.8 Å². The van der Waals surface area contributed by atoms with Crippen molar-refractivity contribution in [2.45, 2.75) is 12.8 Å². The van der Waals surface area contributed by atoms with Gasteiger partial charge in [0.25, 0.3) is 0 Å². The van der Waals surface area contributed by atoms with Crippen LogP contribution in [0.4, 0.5) is 5.69 Å². The van der Waals surface area contributed by atoms with E-state index in [1.807, 2.05) is 0 Å². The Hall–Kier alpha value is -0.780. The maximum Gasteiger partial charge on any atom is 0.234 e. The normalized spacial score (nSPS) is 14.5. The SMILES string of the molecule is O=C(CSC(=S)N1CCCC1)Nc1ccc(Cl)cc1. The van der Waals surface area contributed by atoms with Crippen LogP contribution in [0.2, 0.25) is 5.02 Å². The lowest BCUT2D eigenvalue weighted by atomic mass is 10.3. The number of hydrogen-bond acceptors (Lipinski definition) is 3. The molecule has 1 aliphatic rings. The highest BCUT2D eigenvalue weighted by Gasteiger charge is 2.16. The molecule has 2 rings (SSSR count). The molecule has 1 N–H and O–H groups in total. The Kier molecular flexibility index (Phi) is 5.48. The summed E-state index contributed by atoms with van der Waals surface area (Å²) in [5.74, 6) is 0.298. The van der Waals surface area contributed by atoms with E-state index in [1.165, 1.54) is 24.6 Å². The number of thiocarbonyl (C=S) groups is 1. The molecule has 0 unspecified atom stereocenters. The third-order valence-corrected chi connectivity index (χ3v) is 4.59. The van der Waals surface area contributed by atoms with Gasteiger partial charge in [-0.15, -0.1) is 0 Å². The summed E-state index contributed by atoms with van der Waals surface area (Å²) in [6.07, 6.45) is 2.38. The second-order valence-corrected chi connectivity index (χ2v) is 6.35. The van der Waals surface area contributed by atoms with Crippen molar-refractivity contribution in [3.05, 3.63) is 29.3 Å². The topological polar surface area (TPSA) is 32.3 Å². The van der Waals surface area contributed by atoms with Crippen molar-refractivity contribution >= 4 is 51.5 Å². The van der Waals surface area contributed by atoms with E-state index in [0.29, 0.717) is 10.8 Å². The van der Waals surface area contributed by atoms with E-state index in [2.05, 4.69) is 10.2 Å². The molecule has 0 aliphatic carbocycles. The Morgan fingerprint density at radius 3 is 2.58 bits per heavy atom. The molecular formula is C13H15ClN2OS2. The second-order valence-electron chi connectivity index (χ2n) is 4.30. The van der Waals surface area contributed by atoms with Crippen LogP contribution in [0.25, 0.3) is 0 Å². The van der Waals surface area contributed by atoms with E-state index in [0.717, 1.165) is 23.1 Å². The van der Waals surface area contributed by atoms with Crippen LogP contribution in [0.15, 0.2) is 24.3 Å². The maximum absolute atomic E-state index is 11.8. The number of halogens is 1. The molecular weight excluding hydrogens is 300 g/mol. The molecule has 1 saturated heterocycles. The lowest BCUT2D eigenvalue weighted by Gasteiger charge is -2.17. The molecule has 0 spiro atoms. The van der Waals surface area contributed by atoms with Crippen molar-refractivity contribution < 1.29 is 4.79 Å². The van der Waals surface area contributed by atoms with Gasteiger partial charge in [0, 0.05) is 23.8 Å². The number of nitrogens with zero attached hydrogens (tertiary/aromatic N) is 1. The first-order valence-electron chi connectivity index (χ1n) is 6.12. The van der Waals surface area contributed by atoms with Crippen LogP contribution in [-0.4, -0.2) is 34.0 Å². The van der Waals surface area contributed by atoms with Gasteiger partial charge in [0.15, 0.2) is 0 Å². The molecule has 1 amide bonds. The summed E-state index contributed by atoms with van der Waals surface area (Å²) in [5.41, 5.74) is 0.752. The third kappa shape index (κ3) is 4.67. The van der Waals surface area contributed by atoms with Gasteiger partial charge in [-0.05, 0) is 37.1 Å². The molecule has 0 radical (unpaired) electrons. The Labute approximate surface area is 127 Å². The third-order valence-electron chi connectivity index (χ3n) is 2.82. The molecule has 1 heterocycles. The van der Waals surface area contributed by atoms with Crippen molar-refractivity contribution in [3.63, 3.8) is 0 Å². The number of benzene rings is 1. The zero-order chi connectivity index (χ0) is 13.7. The minimum Gasteiger partial charge on any atom is -0.358 e. The zero-order valence-corrected chi connectivity index (χ0v) is 12.8. The van der Waals surface area contributed by atoms with Gasteiger partial charge in [0.1, 0.15) is 4.32 Å². The van der Waals surface area contributed by atoms with E-state index in [9.17, 15) is 4.79 Å². The van der Waals surface area contributed by atoms with E-state index in [-0.39, 0.29) is 5.91 Å². The number of anilines is 1. The summed E-state index contributed by atoms with van der Waals surface area (Å²) in [5, 5.41) is 3.47. The fraction of sp³-hybridized carbons (Fsp3) is 0.385. The van der Waals surface area contributed by atoms with E-state index >= 15 is 0 Å². The molecule has 0 atom stereocenters. The fourth-order valence-electron chi connectivity index (χ4n) is 1.85. The van der Waals surface area contributed by atoms with Crippen LogP contribution >= 0.6 is 35.6 Å². The molecule has 0 bridgehead atoms. The van der Waals surface area contributed by atoms with Crippen LogP contribution in [0.5, 0.6) is 0 Å². The fourth-order valence-corrected chi connectivity index (χ4v) is 3.03. The van der Waals surface area contributed by atoms with Crippen LogP contribution < -0.4 is 5.32 Å². The molecule has 1 aromatic carbocycles. The lowest BCUT2D eigenvalue weighted by Crippen LogP contribution is -2.25. The van der Waals surface area contributed by atoms with Gasteiger partial charge < -0.3 is 10.2 Å². The van der Waals surface area contributed by atoms with Crippen LogP contribution in [0.1, 0.15) is 12.8 Å². The van der Waals surface area contributed by atoms with Crippen molar-refractivity contribution in [1.29, 1.82) is 0 Å². The largest absolute Gasteiger partial charge is 0.358 e. The summed E-state index contributed by atoms with van der Waals surface area (Å²) in [7, 11) is 0. The average molecular weight is 315 g/mol. The monoisotopic (exact) mass is 314 g/mol. The maximum atomic E-state index is 11.8. The lowest BCUT2D eigenvalue weighted by molar-refractivity contribution is -0.113. The van der Waals surface area contributed by atoms with Crippen molar-refractivity contribution in [3.8, 4) is 0 Å². The number of carbonyl (C=O) groups is 1. The van der Waals surface area contributed by atoms with Gasteiger partial charge >= 0.3 is 0 Å². The Morgan fingerprint density at radius 2 is 1.95 bits per heavy atom. The summed E-state index contributed by atoms with van der Waals surface area (Å²) in [6.45, 7) is 2.04. The molecule has 1 fully saturated rings. The Balaban J connectivity index is 1.75. The zero-order valence-electron chi connectivity index (χ0n) is 10.4. The Morgan fingerprint density at radius 1 is 1.32 bits per heavy atom. The number of hydrogen-bond donors (Lipinski definition) is 1. The molecule has 6 heteroatoms. The van der Waals surface area contributed by atoms with Crippen LogP contribution in [0, 0.1) is 0 Å². The standard InChI is InChI=1S/C13H15ClN2OS2/c14-10-3-5-11(6-4-10)15-12(17)9-19-13(18)16-7-1-2-8-16/h3-6H,1-2,7-9H2,(H,15,17). The number of nitrogens with one attached hydrogen (secondary N) is 1. The van der Waals surface area contributed by atoms with Crippen molar-refractivity contribution in [2.24, 2.45) is 0 Å². The molecule has 3 nitrogen and oxygen atoms in total. The van der Waals surface area contributed by atoms with Gasteiger partial charge in [-0.1, -0.05) is 35.6 Å². The first kappa shape index (κ1) is 14.6. The number of amides is 1. The molecule has 1 aromatic rings. The van der Waals surface area contributed by atoms with Gasteiger partial charge in [-0.2, -0.15) is 0 Å². The smallest absolute Gasteiger partial charge is 0.234 e. The summed E-state index contributed by atoms with van der Waals surface area (Å²) >= 11 is 12.5. The highest BCUT2D eigenvalue weighted by molar-refractivity contribution is 8.23. The van der Waals surface area contributed by atoms with E-state index < -0.39 is 0 Å². The molecule has 0 saturated carbocycles. The van der Waals surface area contributed by atoms with E-state index in [1.54, 1.807) is 24.3 Å². The number of carbonyl (C=O) groups excluding carboxylic acids is 1. The Bertz CT molecular complexity index is 458. The van der Waals surface area contributed by atoms with Crippen molar-refractivity contribution in [2.75, 3.05) is 24.2 Å². The highest BCUT2D eigenvalue weighted by atomic mass is 35.5. The van der Waals surface area contributed by atoms with Gasteiger partial charge in [0.2, 0.25) is 5.91 Å². The average Bonchev–Trinajstić information content (AvgIpc) is 2.93. The van der Waals surface area contributed by atoms with Crippen LogP contribution in [0.3, 0.4) is 0 Å². The minimum absolute atomic E-state index is 0.0473. The predicted molar refractivity (Wildman–Crippen MR) is 85.9 cm³/mol. The van der Waals surface area contributed by atoms with Gasteiger partial charge in [-0.3, -0.25) is 4.79 Å². The van der Waals surface area contributed by atoms with Gasteiger partial charge in [-0.25, -0.2) is 0 Å². The summed E-state index contributed by atoms with van der Waals surface area (Å²) < 4.78 is 0.823. The molecule has 1 aliphatic heterocycles. The molecule has 0 aromatic heterocycles. The number of thioether (sulfide) groups is 1. The first-order chi connectivity index (χ1) is 9.15. The van der Waals surface area contributed by atoms with Gasteiger partial charge in [0.05, 0.1) is 5.75 Å². The summed E-state index contributed by atoms with van der Waals surface area (Å²) in [4.78, 5) is 13.9. The molecule has 19 heavy (non-hydrogen) atoms. The molecule has 102 valence electrons. The highest BCUT2D eigenvalue weighted by Crippen LogP contribution is 2.17. The summed E-state index contributed by atoms with van der Waals surface area (Å²) in [6, 6.07) is 7.06. The minimum atomic E-state index is -0.0473. The van der Waals surface area contributed by atoms with Crippen molar-refractivity contribution in [1.82, 2.24) is 4.90 Å². The predicted octanol–water partition coefficient (Wildman–Crippen LogP) is 3.39. The number of likely N-dealkylation sites (tertiary alicyclic amines) is 1. The first-order valence-corrected chi connectivity index (χ1v) is 7.89. The number of rotatable bonds is 3.